The molecule has 0 bridgehead atoms. The molecular weight excluding hydrogens is 324 g/mol. The lowest BCUT2D eigenvalue weighted by molar-refractivity contribution is 0.0786. The highest BCUT2D eigenvalue weighted by atomic mass is 79.9. The minimum absolute atomic E-state index is 0.0214. The molecule has 0 radical (unpaired) electrons. The molecule has 1 heterocycles. The molecule has 3 nitrogen and oxygen atoms in total. The van der Waals surface area contributed by atoms with Gasteiger partial charge < -0.3 is 10.6 Å². The van der Waals surface area contributed by atoms with Crippen molar-refractivity contribution in [1.29, 1.82) is 0 Å². The Hall–Kier alpha value is -1.17. The fourth-order valence-electron chi connectivity index (χ4n) is 1.75. The van der Waals surface area contributed by atoms with Crippen LogP contribution in [0.3, 0.4) is 0 Å². The van der Waals surface area contributed by atoms with Gasteiger partial charge >= 0.3 is 0 Å². The molecule has 1 aromatic heterocycles. The normalized spacial score (nSPS) is 10.5. The first-order chi connectivity index (χ1) is 9.10. The molecule has 100 valence electrons. The van der Waals surface area contributed by atoms with Gasteiger partial charge in [-0.15, -0.1) is 11.3 Å². The van der Waals surface area contributed by atoms with E-state index >= 15 is 0 Å². The van der Waals surface area contributed by atoms with Gasteiger partial charge in [0.05, 0.1) is 10.3 Å². The van der Waals surface area contributed by atoms with Gasteiger partial charge in [0.15, 0.2) is 0 Å². The number of nitrogens with zero attached hydrogens (tertiary/aromatic N) is 1. The largest absolute Gasteiger partial charge is 0.337 e. The van der Waals surface area contributed by atoms with Crippen LogP contribution in [0.25, 0.3) is 0 Å². The molecule has 5 heteroatoms. The summed E-state index contributed by atoms with van der Waals surface area (Å²) in [5.41, 5.74) is 7.26. The Balaban J connectivity index is 2.05. The molecular formula is C14H15BrN2OS. The van der Waals surface area contributed by atoms with Crippen molar-refractivity contribution in [2.45, 2.75) is 13.1 Å². The molecule has 2 N–H and O–H groups in total. The van der Waals surface area contributed by atoms with Crippen molar-refractivity contribution in [3.05, 3.63) is 56.2 Å². The summed E-state index contributed by atoms with van der Waals surface area (Å²) in [7, 11) is 1.81. The van der Waals surface area contributed by atoms with Crippen LogP contribution in [0, 0.1) is 0 Å². The van der Waals surface area contributed by atoms with Crippen LogP contribution in [0.2, 0.25) is 0 Å². The standard InChI is InChI=1S/C14H15BrN2OS/c1-17(9-12-6-7-13(15)19-12)14(18)11-4-2-10(8-16)3-5-11/h2-7H,8-9,16H2,1H3. The first-order valence-electron chi connectivity index (χ1n) is 5.89. The number of rotatable bonds is 4. The number of hydrogen-bond donors (Lipinski definition) is 1. The quantitative estimate of drug-likeness (QED) is 0.930. The van der Waals surface area contributed by atoms with Gasteiger partial charge in [0.2, 0.25) is 0 Å². The van der Waals surface area contributed by atoms with Crippen molar-refractivity contribution in [2.24, 2.45) is 5.73 Å². The third-order valence-electron chi connectivity index (χ3n) is 2.81. The van der Waals surface area contributed by atoms with E-state index in [0.717, 1.165) is 14.2 Å². The van der Waals surface area contributed by atoms with Crippen molar-refractivity contribution in [3.8, 4) is 0 Å². The van der Waals surface area contributed by atoms with Gasteiger partial charge in [-0.3, -0.25) is 4.79 Å². The van der Waals surface area contributed by atoms with E-state index < -0.39 is 0 Å². The van der Waals surface area contributed by atoms with Gasteiger partial charge in [-0.05, 0) is 45.8 Å². The monoisotopic (exact) mass is 338 g/mol. The van der Waals surface area contributed by atoms with Gasteiger partial charge in [0.1, 0.15) is 0 Å². The SMILES string of the molecule is CN(Cc1ccc(Br)s1)C(=O)c1ccc(CN)cc1. The summed E-state index contributed by atoms with van der Waals surface area (Å²) in [5.74, 6) is 0.0214. The number of thiophene rings is 1. The van der Waals surface area contributed by atoms with Crippen LogP contribution in [0.4, 0.5) is 0 Å². The van der Waals surface area contributed by atoms with E-state index in [0.29, 0.717) is 18.7 Å². The number of benzene rings is 1. The van der Waals surface area contributed by atoms with E-state index in [-0.39, 0.29) is 5.91 Å². The van der Waals surface area contributed by atoms with Crippen LogP contribution in [-0.2, 0) is 13.1 Å². The first kappa shape index (κ1) is 14.2. The summed E-state index contributed by atoms with van der Waals surface area (Å²) in [5, 5.41) is 0. The fourth-order valence-corrected chi connectivity index (χ4v) is 3.28. The molecule has 0 fully saturated rings. The summed E-state index contributed by atoms with van der Waals surface area (Å²) in [4.78, 5) is 15.1. The van der Waals surface area contributed by atoms with E-state index in [1.807, 2.05) is 43.4 Å². The highest BCUT2D eigenvalue weighted by Crippen LogP contribution is 2.23. The molecule has 0 spiro atoms. The third-order valence-corrected chi connectivity index (χ3v) is 4.41. The van der Waals surface area contributed by atoms with Crippen LogP contribution in [0.1, 0.15) is 20.8 Å². The van der Waals surface area contributed by atoms with E-state index in [1.54, 1.807) is 16.2 Å². The highest BCUT2D eigenvalue weighted by Gasteiger charge is 2.12. The summed E-state index contributed by atoms with van der Waals surface area (Å²) in [6.07, 6.45) is 0. The van der Waals surface area contributed by atoms with E-state index in [1.165, 1.54) is 0 Å². The van der Waals surface area contributed by atoms with Gasteiger partial charge in [0.25, 0.3) is 5.91 Å². The second kappa shape index (κ2) is 6.32. The smallest absolute Gasteiger partial charge is 0.253 e. The summed E-state index contributed by atoms with van der Waals surface area (Å²) in [6.45, 7) is 1.11. The average Bonchev–Trinajstić information content (AvgIpc) is 2.83. The summed E-state index contributed by atoms with van der Waals surface area (Å²) in [6, 6.07) is 11.5. The minimum atomic E-state index is 0.0214. The molecule has 0 saturated carbocycles. The maximum absolute atomic E-state index is 12.2. The fraction of sp³-hybridized carbons (Fsp3) is 0.214. The first-order valence-corrected chi connectivity index (χ1v) is 7.50. The lowest BCUT2D eigenvalue weighted by Crippen LogP contribution is -2.25. The van der Waals surface area contributed by atoms with Crippen molar-refractivity contribution >= 4 is 33.2 Å². The van der Waals surface area contributed by atoms with Gasteiger partial charge in [-0.2, -0.15) is 0 Å². The summed E-state index contributed by atoms with van der Waals surface area (Å²) < 4.78 is 1.08. The molecule has 0 aliphatic carbocycles. The number of hydrogen-bond acceptors (Lipinski definition) is 3. The Labute approximate surface area is 125 Å². The molecule has 0 atom stereocenters. The van der Waals surface area contributed by atoms with Gasteiger partial charge in [0, 0.05) is 24.0 Å². The predicted molar refractivity (Wildman–Crippen MR) is 82.1 cm³/mol. The lowest BCUT2D eigenvalue weighted by Gasteiger charge is -2.16. The van der Waals surface area contributed by atoms with Crippen LogP contribution in [0.5, 0.6) is 0 Å². The molecule has 2 rings (SSSR count). The molecule has 2 aromatic rings. The molecule has 0 aliphatic rings. The molecule has 0 saturated heterocycles. The van der Waals surface area contributed by atoms with Gasteiger partial charge in [-0.25, -0.2) is 0 Å². The van der Waals surface area contributed by atoms with E-state index in [4.69, 9.17) is 5.73 Å². The molecule has 1 amide bonds. The van der Waals surface area contributed by atoms with E-state index in [2.05, 4.69) is 15.9 Å². The minimum Gasteiger partial charge on any atom is -0.337 e. The Bertz CT molecular complexity index is 565. The molecule has 19 heavy (non-hydrogen) atoms. The number of amides is 1. The number of carbonyl (C=O) groups is 1. The zero-order chi connectivity index (χ0) is 13.8. The van der Waals surface area contributed by atoms with Crippen LogP contribution in [0.15, 0.2) is 40.2 Å². The Kier molecular flexibility index (Phi) is 4.74. The lowest BCUT2D eigenvalue weighted by atomic mass is 10.1. The number of carbonyl (C=O) groups excluding carboxylic acids is 1. The molecule has 1 aromatic carbocycles. The maximum atomic E-state index is 12.2. The Morgan fingerprint density at radius 3 is 2.47 bits per heavy atom. The van der Waals surface area contributed by atoms with Gasteiger partial charge in [-0.1, -0.05) is 12.1 Å². The second-order valence-electron chi connectivity index (χ2n) is 4.27. The second-order valence-corrected chi connectivity index (χ2v) is 6.82. The third kappa shape index (κ3) is 3.65. The van der Waals surface area contributed by atoms with Crippen molar-refractivity contribution in [2.75, 3.05) is 7.05 Å². The number of nitrogens with two attached hydrogens (primary N) is 1. The van der Waals surface area contributed by atoms with Crippen LogP contribution in [-0.4, -0.2) is 17.9 Å². The topological polar surface area (TPSA) is 46.3 Å². The zero-order valence-corrected chi connectivity index (χ0v) is 13.0. The highest BCUT2D eigenvalue weighted by molar-refractivity contribution is 9.11. The van der Waals surface area contributed by atoms with Crippen molar-refractivity contribution in [1.82, 2.24) is 4.90 Å². The molecule has 0 aliphatic heterocycles. The van der Waals surface area contributed by atoms with Crippen LogP contribution < -0.4 is 5.73 Å². The number of halogens is 1. The maximum Gasteiger partial charge on any atom is 0.253 e. The van der Waals surface area contributed by atoms with Crippen molar-refractivity contribution < 1.29 is 4.79 Å². The zero-order valence-electron chi connectivity index (χ0n) is 10.6. The Morgan fingerprint density at radius 2 is 1.95 bits per heavy atom. The Morgan fingerprint density at radius 1 is 1.26 bits per heavy atom. The molecule has 0 unspecified atom stereocenters. The summed E-state index contributed by atoms with van der Waals surface area (Å²) >= 11 is 5.06. The predicted octanol–water partition coefficient (Wildman–Crippen LogP) is 3.24. The van der Waals surface area contributed by atoms with Crippen molar-refractivity contribution in [3.63, 3.8) is 0 Å². The average molecular weight is 339 g/mol. The van der Waals surface area contributed by atoms with E-state index in [9.17, 15) is 4.79 Å². The van der Waals surface area contributed by atoms with Crippen LogP contribution >= 0.6 is 27.3 Å².